The molecule has 0 N–H and O–H groups in total. The van der Waals surface area contributed by atoms with Crippen LogP contribution in [0.5, 0.6) is 0 Å². The molecule has 4 rings (SSSR count). The van der Waals surface area contributed by atoms with Crippen molar-refractivity contribution in [2.24, 2.45) is 0 Å². The number of hydrogen-bond donors (Lipinski definition) is 0. The smallest absolute Gasteiger partial charge is 0.277 e. The van der Waals surface area contributed by atoms with Gasteiger partial charge in [0, 0.05) is 13.1 Å². The molecule has 0 radical (unpaired) electrons. The first-order valence-electron chi connectivity index (χ1n) is 9.14. The van der Waals surface area contributed by atoms with Gasteiger partial charge in [-0.05, 0) is 22.6 Å². The number of aromatic nitrogens is 2. The van der Waals surface area contributed by atoms with Crippen molar-refractivity contribution < 1.29 is 9.21 Å². The molecule has 2 heterocycles. The largest absolute Gasteiger partial charge is 0.410 e. The zero-order chi connectivity index (χ0) is 19.9. The fourth-order valence-electron chi connectivity index (χ4n) is 2.82. The van der Waals surface area contributed by atoms with E-state index in [0.29, 0.717) is 24.2 Å². The Morgan fingerprint density at radius 2 is 1.55 bits per heavy atom. The molecule has 0 bridgehead atoms. The molecule has 4 aromatic rings. The highest BCUT2D eigenvalue weighted by molar-refractivity contribution is 7.99. The van der Waals surface area contributed by atoms with Crippen LogP contribution >= 0.6 is 23.1 Å². The van der Waals surface area contributed by atoms with Crippen LogP contribution in [0.1, 0.15) is 11.1 Å². The summed E-state index contributed by atoms with van der Waals surface area (Å²) in [5.41, 5.74) is 2.19. The number of amides is 1. The van der Waals surface area contributed by atoms with Crippen LogP contribution in [0.4, 0.5) is 0 Å². The van der Waals surface area contributed by atoms with Crippen molar-refractivity contribution in [1.82, 2.24) is 15.1 Å². The lowest BCUT2D eigenvalue weighted by atomic mass is 10.1. The standard InChI is InChI=1S/C22H19N3O2S2/c26-20(16-29-22-24-23-21(27-22)19-12-7-13-28-19)25(14-17-8-3-1-4-9-17)15-18-10-5-2-6-11-18/h1-13H,14-16H2. The fourth-order valence-corrected chi connectivity index (χ4v) is 4.13. The van der Waals surface area contributed by atoms with Crippen LogP contribution in [0.15, 0.2) is 87.8 Å². The predicted octanol–water partition coefficient (Wildman–Crippen LogP) is 5.12. The van der Waals surface area contributed by atoms with Crippen LogP contribution in [0.3, 0.4) is 0 Å². The first-order valence-corrected chi connectivity index (χ1v) is 11.0. The molecule has 0 aliphatic rings. The lowest BCUT2D eigenvalue weighted by molar-refractivity contribution is -0.129. The summed E-state index contributed by atoms with van der Waals surface area (Å²) in [7, 11) is 0. The van der Waals surface area contributed by atoms with E-state index in [9.17, 15) is 4.79 Å². The highest BCUT2D eigenvalue weighted by atomic mass is 32.2. The van der Waals surface area contributed by atoms with Gasteiger partial charge in [-0.25, -0.2) is 0 Å². The molecular weight excluding hydrogens is 402 g/mol. The first kappa shape index (κ1) is 19.4. The highest BCUT2D eigenvalue weighted by Gasteiger charge is 2.17. The van der Waals surface area contributed by atoms with Gasteiger partial charge in [-0.15, -0.1) is 21.5 Å². The summed E-state index contributed by atoms with van der Waals surface area (Å²) in [4.78, 5) is 15.8. The third-order valence-electron chi connectivity index (χ3n) is 4.24. The summed E-state index contributed by atoms with van der Waals surface area (Å²) in [5, 5.41) is 10.5. The summed E-state index contributed by atoms with van der Waals surface area (Å²) in [5.74, 6) is 0.755. The third kappa shape index (κ3) is 5.34. The van der Waals surface area contributed by atoms with E-state index in [2.05, 4.69) is 10.2 Å². The molecule has 0 fully saturated rings. The van der Waals surface area contributed by atoms with Crippen molar-refractivity contribution in [2.45, 2.75) is 18.3 Å². The average molecular weight is 422 g/mol. The number of benzene rings is 2. The van der Waals surface area contributed by atoms with Crippen LogP contribution in [0.25, 0.3) is 10.8 Å². The van der Waals surface area contributed by atoms with Gasteiger partial charge in [-0.2, -0.15) is 0 Å². The van der Waals surface area contributed by atoms with Gasteiger partial charge in [0.05, 0.1) is 10.6 Å². The van der Waals surface area contributed by atoms with E-state index in [4.69, 9.17) is 4.42 Å². The van der Waals surface area contributed by atoms with Crippen LogP contribution in [-0.2, 0) is 17.9 Å². The van der Waals surface area contributed by atoms with E-state index in [1.54, 1.807) is 11.3 Å². The van der Waals surface area contributed by atoms with Gasteiger partial charge in [0.25, 0.3) is 11.1 Å². The minimum absolute atomic E-state index is 0.0265. The second-order valence-electron chi connectivity index (χ2n) is 6.36. The van der Waals surface area contributed by atoms with Gasteiger partial charge in [-0.3, -0.25) is 4.79 Å². The van der Waals surface area contributed by atoms with Crippen LogP contribution in [0, 0.1) is 0 Å². The van der Waals surface area contributed by atoms with Crippen molar-refractivity contribution >= 4 is 29.0 Å². The second-order valence-corrected chi connectivity index (χ2v) is 8.23. The molecule has 0 aliphatic carbocycles. The van der Waals surface area contributed by atoms with E-state index in [0.717, 1.165) is 16.0 Å². The van der Waals surface area contributed by atoms with E-state index in [-0.39, 0.29) is 11.7 Å². The summed E-state index contributed by atoms with van der Waals surface area (Å²) in [6.45, 7) is 1.11. The minimum atomic E-state index is 0.0265. The summed E-state index contributed by atoms with van der Waals surface area (Å²) < 4.78 is 5.68. The number of carbonyl (C=O) groups is 1. The molecule has 5 nitrogen and oxygen atoms in total. The summed E-state index contributed by atoms with van der Waals surface area (Å²) >= 11 is 2.81. The van der Waals surface area contributed by atoms with Crippen LogP contribution < -0.4 is 0 Å². The number of thioether (sulfide) groups is 1. The number of carbonyl (C=O) groups excluding carboxylic acids is 1. The zero-order valence-corrected chi connectivity index (χ0v) is 17.2. The number of rotatable bonds is 8. The van der Waals surface area contributed by atoms with Crippen molar-refractivity contribution in [3.8, 4) is 10.8 Å². The maximum absolute atomic E-state index is 13.0. The quantitative estimate of drug-likeness (QED) is 0.370. The first-order chi connectivity index (χ1) is 14.3. The number of hydrogen-bond acceptors (Lipinski definition) is 6. The molecule has 0 unspecified atom stereocenters. The van der Waals surface area contributed by atoms with Crippen LogP contribution in [0.2, 0.25) is 0 Å². The molecule has 146 valence electrons. The Hall–Kier alpha value is -2.90. The Kier molecular flexibility index (Phi) is 6.38. The number of nitrogens with zero attached hydrogens (tertiary/aromatic N) is 3. The normalized spacial score (nSPS) is 10.8. The molecule has 0 saturated carbocycles. The molecule has 1 amide bonds. The van der Waals surface area contributed by atoms with Gasteiger partial charge in [-0.1, -0.05) is 78.5 Å². The molecule has 2 aromatic carbocycles. The maximum atomic E-state index is 13.0. The zero-order valence-electron chi connectivity index (χ0n) is 15.6. The summed E-state index contributed by atoms with van der Waals surface area (Å²) in [6.07, 6.45) is 0. The van der Waals surface area contributed by atoms with Crippen molar-refractivity contribution in [3.63, 3.8) is 0 Å². The Morgan fingerprint density at radius 1 is 0.897 bits per heavy atom. The average Bonchev–Trinajstić information content (AvgIpc) is 3.45. The molecule has 2 aromatic heterocycles. The molecule has 7 heteroatoms. The SMILES string of the molecule is O=C(CSc1nnc(-c2cccs2)o1)N(Cc1ccccc1)Cc1ccccc1. The Morgan fingerprint density at radius 3 is 2.14 bits per heavy atom. The monoisotopic (exact) mass is 421 g/mol. The van der Waals surface area contributed by atoms with Crippen LogP contribution in [-0.4, -0.2) is 26.8 Å². The molecule has 0 aliphatic heterocycles. The maximum Gasteiger partial charge on any atom is 0.277 e. The highest BCUT2D eigenvalue weighted by Crippen LogP contribution is 2.26. The second kappa shape index (κ2) is 9.54. The van der Waals surface area contributed by atoms with E-state index >= 15 is 0 Å². The minimum Gasteiger partial charge on any atom is -0.410 e. The molecular formula is C22H19N3O2S2. The Bertz CT molecular complexity index is 993. The van der Waals surface area contributed by atoms with Gasteiger partial charge in [0.15, 0.2) is 0 Å². The Balaban J connectivity index is 1.43. The molecule has 0 spiro atoms. The molecule has 0 saturated heterocycles. The number of thiophene rings is 1. The van der Waals surface area contributed by atoms with Gasteiger partial charge in [0.2, 0.25) is 5.91 Å². The third-order valence-corrected chi connectivity index (χ3v) is 5.90. The van der Waals surface area contributed by atoms with Crippen molar-refractivity contribution in [2.75, 3.05) is 5.75 Å². The van der Waals surface area contributed by atoms with E-state index in [1.165, 1.54) is 11.8 Å². The fraction of sp³-hybridized carbons (Fsp3) is 0.136. The molecule has 0 atom stereocenters. The topological polar surface area (TPSA) is 59.2 Å². The van der Waals surface area contributed by atoms with Crippen molar-refractivity contribution in [1.29, 1.82) is 0 Å². The van der Waals surface area contributed by atoms with E-state index in [1.807, 2.05) is 83.1 Å². The van der Waals surface area contributed by atoms with Gasteiger partial charge >= 0.3 is 0 Å². The van der Waals surface area contributed by atoms with E-state index < -0.39 is 0 Å². The van der Waals surface area contributed by atoms with Gasteiger partial charge in [0.1, 0.15) is 0 Å². The van der Waals surface area contributed by atoms with Crippen molar-refractivity contribution in [3.05, 3.63) is 89.3 Å². The lowest BCUT2D eigenvalue weighted by Gasteiger charge is -2.23. The summed E-state index contributed by atoms with van der Waals surface area (Å²) in [6, 6.07) is 23.9. The molecule has 29 heavy (non-hydrogen) atoms. The Labute approximate surface area is 177 Å². The predicted molar refractivity (Wildman–Crippen MR) is 115 cm³/mol. The lowest BCUT2D eigenvalue weighted by Crippen LogP contribution is -2.31. The van der Waals surface area contributed by atoms with Gasteiger partial charge < -0.3 is 9.32 Å².